The molecule has 5 nitrogen and oxygen atoms in total. The molecule has 3 heterocycles. The number of benzene rings is 1. The third-order valence-electron chi connectivity index (χ3n) is 5.59. The van der Waals surface area contributed by atoms with Crippen molar-refractivity contribution in [2.75, 3.05) is 13.1 Å². The molecule has 136 valence electrons. The number of hydrogen-bond donors (Lipinski definition) is 0. The van der Waals surface area contributed by atoms with Crippen molar-refractivity contribution in [2.24, 2.45) is 11.8 Å². The molecule has 6 heteroatoms. The van der Waals surface area contributed by atoms with E-state index in [1.54, 1.807) is 28.8 Å². The second-order valence-electron chi connectivity index (χ2n) is 7.36. The van der Waals surface area contributed by atoms with Gasteiger partial charge in [0, 0.05) is 32.3 Å². The van der Waals surface area contributed by atoms with E-state index < -0.39 is 5.82 Å². The first kappa shape index (κ1) is 16.8. The van der Waals surface area contributed by atoms with Gasteiger partial charge in [-0.1, -0.05) is 13.8 Å². The number of rotatable bonds is 3. The number of aromatic nitrogens is 2. The lowest BCUT2D eigenvalue weighted by atomic mass is 10.0. The first-order valence-corrected chi connectivity index (χ1v) is 9.02. The smallest absolute Gasteiger partial charge is 0.275 e. The Hall–Kier alpha value is -2.63. The van der Waals surface area contributed by atoms with Gasteiger partial charge in [0.05, 0.1) is 11.0 Å². The molecular formula is C20H22FN3O2. The summed E-state index contributed by atoms with van der Waals surface area (Å²) in [5.41, 5.74) is 1.58. The zero-order valence-electron chi connectivity index (χ0n) is 15.0. The Morgan fingerprint density at radius 1 is 1.12 bits per heavy atom. The Labute approximate surface area is 150 Å². The third kappa shape index (κ3) is 2.69. The molecule has 1 fully saturated rings. The molecule has 0 aliphatic carbocycles. The number of nitrogens with zero attached hydrogens (tertiary/aromatic N) is 3. The van der Waals surface area contributed by atoms with Crippen molar-refractivity contribution in [2.45, 2.75) is 26.8 Å². The van der Waals surface area contributed by atoms with Gasteiger partial charge >= 0.3 is 0 Å². The highest BCUT2D eigenvalue weighted by molar-refractivity contribution is 5.80. The van der Waals surface area contributed by atoms with Gasteiger partial charge in [0.15, 0.2) is 0 Å². The van der Waals surface area contributed by atoms with E-state index in [0.29, 0.717) is 22.9 Å². The monoisotopic (exact) mass is 355 g/mol. The van der Waals surface area contributed by atoms with E-state index in [0.717, 1.165) is 18.6 Å². The van der Waals surface area contributed by atoms with Crippen LogP contribution in [0.15, 0.2) is 41.3 Å². The summed E-state index contributed by atoms with van der Waals surface area (Å²) in [4.78, 5) is 27.3. The topological polar surface area (TPSA) is 46.7 Å². The molecule has 0 saturated carbocycles. The highest BCUT2D eigenvalue weighted by Crippen LogP contribution is 2.23. The fourth-order valence-electron chi connectivity index (χ4n) is 3.85. The van der Waals surface area contributed by atoms with Crippen molar-refractivity contribution < 1.29 is 9.18 Å². The van der Waals surface area contributed by atoms with E-state index in [4.69, 9.17) is 0 Å². The minimum atomic E-state index is -0.398. The molecule has 1 aromatic carbocycles. The molecule has 0 radical (unpaired) electrons. The second-order valence-corrected chi connectivity index (χ2v) is 7.36. The lowest BCUT2D eigenvalue weighted by Crippen LogP contribution is -2.31. The van der Waals surface area contributed by atoms with Gasteiger partial charge in [0.2, 0.25) is 5.91 Å². The van der Waals surface area contributed by atoms with Crippen molar-refractivity contribution in [1.29, 1.82) is 0 Å². The molecule has 1 aliphatic heterocycles. The standard InChI is InChI=1S/C20H22FN3O2/c1-13-11-22(12-14(13)2)19(25)7-9-24-18-10-15(21)5-6-16(18)23-8-3-4-17(23)20(24)26/h3-6,8,10,13-14H,7,9,11-12H2,1-2H3/t13-,14-/m1/s1. The maximum Gasteiger partial charge on any atom is 0.275 e. The summed E-state index contributed by atoms with van der Waals surface area (Å²) in [7, 11) is 0. The van der Waals surface area contributed by atoms with Crippen LogP contribution in [-0.4, -0.2) is 32.9 Å². The van der Waals surface area contributed by atoms with Crippen LogP contribution >= 0.6 is 0 Å². The molecular weight excluding hydrogens is 333 g/mol. The predicted molar refractivity (Wildman–Crippen MR) is 98.6 cm³/mol. The van der Waals surface area contributed by atoms with Crippen molar-refractivity contribution in [1.82, 2.24) is 13.9 Å². The molecule has 0 spiro atoms. The summed E-state index contributed by atoms with van der Waals surface area (Å²) in [6.45, 7) is 6.08. The Kier molecular flexibility index (Phi) is 4.05. The Morgan fingerprint density at radius 3 is 2.58 bits per heavy atom. The van der Waals surface area contributed by atoms with Crippen LogP contribution < -0.4 is 5.56 Å². The van der Waals surface area contributed by atoms with Crippen molar-refractivity contribution in [3.05, 3.63) is 52.7 Å². The van der Waals surface area contributed by atoms with Gasteiger partial charge in [-0.3, -0.25) is 9.59 Å². The van der Waals surface area contributed by atoms with E-state index in [2.05, 4.69) is 13.8 Å². The minimum absolute atomic E-state index is 0.0490. The quantitative estimate of drug-likeness (QED) is 0.725. The number of carbonyl (C=O) groups excluding carboxylic acids is 1. The maximum atomic E-state index is 13.8. The number of halogens is 1. The van der Waals surface area contributed by atoms with Crippen LogP contribution in [0.25, 0.3) is 16.6 Å². The first-order chi connectivity index (χ1) is 12.5. The maximum absolute atomic E-state index is 13.8. The van der Waals surface area contributed by atoms with E-state index >= 15 is 0 Å². The number of hydrogen-bond acceptors (Lipinski definition) is 2. The average molecular weight is 355 g/mol. The summed E-state index contributed by atoms with van der Waals surface area (Å²) in [6.07, 6.45) is 2.03. The van der Waals surface area contributed by atoms with Gasteiger partial charge in [0.25, 0.3) is 5.56 Å². The summed E-state index contributed by atoms with van der Waals surface area (Å²) in [6, 6.07) is 7.95. The van der Waals surface area contributed by atoms with E-state index in [9.17, 15) is 14.0 Å². The molecule has 2 atom stereocenters. The first-order valence-electron chi connectivity index (χ1n) is 9.02. The Morgan fingerprint density at radius 2 is 1.85 bits per heavy atom. The zero-order chi connectivity index (χ0) is 18.4. The fraction of sp³-hybridized carbons (Fsp3) is 0.400. The lowest BCUT2D eigenvalue weighted by molar-refractivity contribution is -0.130. The molecule has 0 N–H and O–H groups in total. The molecule has 4 rings (SSSR count). The van der Waals surface area contributed by atoms with Crippen LogP contribution in [0.4, 0.5) is 4.39 Å². The Bertz CT molecular complexity index is 1040. The molecule has 0 unspecified atom stereocenters. The predicted octanol–water partition coefficient (Wildman–Crippen LogP) is 2.90. The van der Waals surface area contributed by atoms with Crippen LogP contribution in [0.1, 0.15) is 20.3 Å². The van der Waals surface area contributed by atoms with Crippen molar-refractivity contribution in [3.8, 4) is 0 Å². The van der Waals surface area contributed by atoms with Gasteiger partial charge in [-0.25, -0.2) is 4.39 Å². The summed E-state index contributed by atoms with van der Waals surface area (Å²) >= 11 is 0. The minimum Gasteiger partial charge on any atom is -0.342 e. The highest BCUT2D eigenvalue weighted by atomic mass is 19.1. The summed E-state index contributed by atoms with van der Waals surface area (Å²) < 4.78 is 17.1. The molecule has 3 aromatic rings. The second kappa shape index (κ2) is 6.27. The number of likely N-dealkylation sites (tertiary alicyclic amines) is 1. The number of aryl methyl sites for hydroxylation is 1. The summed E-state index contributed by atoms with van der Waals surface area (Å²) in [5.74, 6) is 0.640. The van der Waals surface area contributed by atoms with Gasteiger partial charge in [0.1, 0.15) is 11.3 Å². The number of carbonyl (C=O) groups is 1. The van der Waals surface area contributed by atoms with Gasteiger partial charge < -0.3 is 13.9 Å². The van der Waals surface area contributed by atoms with Gasteiger partial charge in [-0.2, -0.15) is 0 Å². The summed E-state index contributed by atoms with van der Waals surface area (Å²) in [5, 5.41) is 0. The number of fused-ring (bicyclic) bond motifs is 3. The number of amides is 1. The zero-order valence-corrected chi connectivity index (χ0v) is 15.0. The Balaban J connectivity index is 1.69. The van der Waals surface area contributed by atoms with Crippen molar-refractivity contribution in [3.63, 3.8) is 0 Å². The van der Waals surface area contributed by atoms with Gasteiger partial charge in [-0.15, -0.1) is 0 Å². The molecule has 1 aliphatic rings. The largest absolute Gasteiger partial charge is 0.342 e. The molecule has 2 aromatic heterocycles. The molecule has 26 heavy (non-hydrogen) atoms. The van der Waals surface area contributed by atoms with E-state index in [-0.39, 0.29) is 24.4 Å². The normalized spacial score (nSPS) is 20.3. The van der Waals surface area contributed by atoms with Gasteiger partial charge in [-0.05, 0) is 42.2 Å². The molecule has 1 amide bonds. The molecule has 1 saturated heterocycles. The SMILES string of the molecule is C[C@@H]1CN(C(=O)CCn2c(=O)c3cccn3c3ccc(F)cc32)C[C@H]1C. The van der Waals surface area contributed by atoms with E-state index in [1.165, 1.54) is 16.7 Å². The fourth-order valence-corrected chi connectivity index (χ4v) is 3.85. The van der Waals surface area contributed by atoms with Crippen LogP contribution in [0.3, 0.4) is 0 Å². The van der Waals surface area contributed by atoms with Crippen LogP contribution in [0.5, 0.6) is 0 Å². The van der Waals surface area contributed by atoms with Crippen molar-refractivity contribution >= 4 is 22.5 Å². The highest BCUT2D eigenvalue weighted by Gasteiger charge is 2.29. The average Bonchev–Trinajstić information content (AvgIpc) is 3.22. The van der Waals surface area contributed by atoms with E-state index in [1.807, 2.05) is 4.90 Å². The van der Waals surface area contributed by atoms with Crippen LogP contribution in [0, 0.1) is 17.7 Å². The van der Waals surface area contributed by atoms with Crippen LogP contribution in [0.2, 0.25) is 0 Å². The van der Waals surface area contributed by atoms with Crippen LogP contribution in [-0.2, 0) is 11.3 Å². The lowest BCUT2D eigenvalue weighted by Gasteiger charge is -2.17. The third-order valence-corrected chi connectivity index (χ3v) is 5.59. The molecule has 0 bridgehead atoms.